The number of anilines is 1. The zero-order valence-corrected chi connectivity index (χ0v) is 12.2. The number of pyridine rings is 1. The molecular formula is C16H23N3. The van der Waals surface area contributed by atoms with Gasteiger partial charge in [-0.05, 0) is 51.5 Å². The van der Waals surface area contributed by atoms with Crippen LogP contribution in [0.2, 0.25) is 0 Å². The van der Waals surface area contributed by atoms with E-state index in [1.165, 1.54) is 32.1 Å². The summed E-state index contributed by atoms with van der Waals surface area (Å²) < 4.78 is 0. The van der Waals surface area contributed by atoms with Gasteiger partial charge in [0.25, 0.3) is 0 Å². The van der Waals surface area contributed by atoms with E-state index in [1.54, 1.807) is 0 Å². The van der Waals surface area contributed by atoms with Gasteiger partial charge in [0.15, 0.2) is 0 Å². The fraction of sp³-hybridized carbons (Fsp3) is 0.625. The lowest BCUT2D eigenvalue weighted by Crippen LogP contribution is -2.26. The van der Waals surface area contributed by atoms with Crippen LogP contribution >= 0.6 is 0 Å². The summed E-state index contributed by atoms with van der Waals surface area (Å²) in [5.74, 6) is 0.898. The van der Waals surface area contributed by atoms with Gasteiger partial charge in [0.2, 0.25) is 0 Å². The van der Waals surface area contributed by atoms with Crippen molar-refractivity contribution in [1.29, 1.82) is 5.26 Å². The minimum absolute atomic E-state index is 0.510. The van der Waals surface area contributed by atoms with Gasteiger partial charge in [-0.1, -0.05) is 13.3 Å². The molecule has 0 radical (unpaired) electrons. The summed E-state index contributed by atoms with van der Waals surface area (Å²) in [4.78, 5) is 4.36. The molecule has 0 saturated heterocycles. The smallest absolute Gasteiger partial charge is 0.103 e. The lowest BCUT2D eigenvalue weighted by molar-refractivity contribution is 0.330. The molecule has 1 aromatic heterocycles. The fourth-order valence-corrected chi connectivity index (χ4v) is 3.02. The Hall–Kier alpha value is -1.56. The molecule has 0 spiro atoms. The fourth-order valence-electron chi connectivity index (χ4n) is 3.02. The Bertz CT molecular complexity index is 480. The lowest BCUT2D eigenvalue weighted by atomic mass is 9.84. The number of aromatic nitrogens is 1. The Morgan fingerprint density at radius 2 is 2.00 bits per heavy atom. The molecule has 1 saturated carbocycles. The number of hydrogen-bond donors (Lipinski definition) is 1. The Balaban J connectivity index is 2.10. The molecule has 1 aliphatic rings. The summed E-state index contributed by atoms with van der Waals surface area (Å²) in [6.45, 7) is 6.17. The third kappa shape index (κ3) is 3.26. The minimum Gasteiger partial charge on any atom is -0.381 e. The third-order valence-corrected chi connectivity index (χ3v) is 4.22. The van der Waals surface area contributed by atoms with Crippen molar-refractivity contribution in [2.45, 2.75) is 58.9 Å². The largest absolute Gasteiger partial charge is 0.381 e. The second-order valence-electron chi connectivity index (χ2n) is 5.65. The molecule has 0 atom stereocenters. The quantitative estimate of drug-likeness (QED) is 0.892. The van der Waals surface area contributed by atoms with E-state index in [4.69, 9.17) is 0 Å². The number of nitrogens with one attached hydrogen (secondary N) is 1. The second kappa shape index (κ2) is 6.06. The summed E-state index contributed by atoms with van der Waals surface area (Å²) in [5, 5.41) is 12.8. The number of nitriles is 1. The van der Waals surface area contributed by atoms with E-state index < -0.39 is 0 Å². The summed E-state index contributed by atoms with van der Waals surface area (Å²) in [7, 11) is 0. The number of hydrogen-bond acceptors (Lipinski definition) is 3. The SMILES string of the molecule is CCC1CCC(Nc2cc(C)nc(C)c2C#N)CC1. The van der Waals surface area contributed by atoms with Crippen LogP contribution in [0.1, 0.15) is 56.0 Å². The first kappa shape index (κ1) is 13.9. The average molecular weight is 257 g/mol. The van der Waals surface area contributed by atoms with Gasteiger partial charge < -0.3 is 5.32 Å². The van der Waals surface area contributed by atoms with E-state index in [0.29, 0.717) is 11.6 Å². The molecule has 19 heavy (non-hydrogen) atoms. The molecule has 3 heteroatoms. The molecule has 1 fully saturated rings. The summed E-state index contributed by atoms with van der Waals surface area (Å²) in [6.07, 6.45) is 6.33. The molecule has 0 unspecified atom stereocenters. The highest BCUT2D eigenvalue weighted by Gasteiger charge is 2.21. The van der Waals surface area contributed by atoms with Gasteiger partial charge >= 0.3 is 0 Å². The highest BCUT2D eigenvalue weighted by molar-refractivity contribution is 5.60. The van der Waals surface area contributed by atoms with Crippen molar-refractivity contribution in [2.24, 2.45) is 5.92 Å². The predicted octanol–water partition coefficient (Wildman–Crippen LogP) is 3.95. The van der Waals surface area contributed by atoms with Crippen LogP contribution in [0.25, 0.3) is 0 Å². The van der Waals surface area contributed by atoms with Gasteiger partial charge in [-0.3, -0.25) is 4.98 Å². The van der Waals surface area contributed by atoms with E-state index in [2.05, 4.69) is 23.3 Å². The van der Waals surface area contributed by atoms with Gasteiger partial charge in [-0.25, -0.2) is 0 Å². The summed E-state index contributed by atoms with van der Waals surface area (Å²) in [6, 6.07) is 4.78. The lowest BCUT2D eigenvalue weighted by Gasteiger charge is -2.29. The van der Waals surface area contributed by atoms with Crippen molar-refractivity contribution in [2.75, 3.05) is 5.32 Å². The first-order valence-electron chi connectivity index (χ1n) is 7.29. The van der Waals surface area contributed by atoms with E-state index in [0.717, 1.165) is 23.0 Å². The molecule has 1 aliphatic carbocycles. The zero-order chi connectivity index (χ0) is 13.8. The Kier molecular flexibility index (Phi) is 4.42. The van der Waals surface area contributed by atoms with Crippen molar-refractivity contribution < 1.29 is 0 Å². The maximum atomic E-state index is 9.27. The molecule has 0 aromatic carbocycles. The minimum atomic E-state index is 0.510. The topological polar surface area (TPSA) is 48.7 Å². The first-order chi connectivity index (χ1) is 9.13. The van der Waals surface area contributed by atoms with Crippen LogP contribution in [-0.4, -0.2) is 11.0 Å². The molecular weight excluding hydrogens is 234 g/mol. The van der Waals surface area contributed by atoms with Gasteiger partial charge in [-0.2, -0.15) is 5.26 Å². The Morgan fingerprint density at radius 1 is 1.32 bits per heavy atom. The standard InChI is InChI=1S/C16H23N3/c1-4-13-5-7-14(8-6-13)19-16-9-11(2)18-12(3)15(16)10-17/h9,13-14H,4-8H2,1-3H3,(H,18,19). The predicted molar refractivity (Wildman–Crippen MR) is 78.1 cm³/mol. The molecule has 1 aromatic rings. The van der Waals surface area contributed by atoms with Crippen LogP contribution < -0.4 is 5.32 Å². The molecule has 0 bridgehead atoms. The van der Waals surface area contributed by atoms with E-state index in [1.807, 2.05) is 19.9 Å². The zero-order valence-electron chi connectivity index (χ0n) is 12.2. The maximum Gasteiger partial charge on any atom is 0.103 e. The van der Waals surface area contributed by atoms with E-state index in [-0.39, 0.29) is 0 Å². The van der Waals surface area contributed by atoms with E-state index >= 15 is 0 Å². The second-order valence-corrected chi connectivity index (χ2v) is 5.65. The van der Waals surface area contributed by atoms with Crippen molar-refractivity contribution in [3.63, 3.8) is 0 Å². The Morgan fingerprint density at radius 3 is 2.58 bits per heavy atom. The maximum absolute atomic E-state index is 9.27. The molecule has 0 amide bonds. The van der Waals surface area contributed by atoms with Crippen LogP contribution in [0.3, 0.4) is 0 Å². The van der Waals surface area contributed by atoms with Crippen molar-refractivity contribution in [3.8, 4) is 6.07 Å². The highest BCUT2D eigenvalue weighted by atomic mass is 14.9. The van der Waals surface area contributed by atoms with Crippen molar-refractivity contribution in [1.82, 2.24) is 4.98 Å². The van der Waals surface area contributed by atoms with Crippen molar-refractivity contribution >= 4 is 5.69 Å². The first-order valence-corrected chi connectivity index (χ1v) is 7.29. The van der Waals surface area contributed by atoms with E-state index in [9.17, 15) is 5.26 Å². The van der Waals surface area contributed by atoms with Gasteiger partial charge in [0.05, 0.1) is 16.9 Å². The molecule has 0 aliphatic heterocycles. The van der Waals surface area contributed by atoms with Crippen LogP contribution in [0.4, 0.5) is 5.69 Å². The third-order valence-electron chi connectivity index (χ3n) is 4.22. The summed E-state index contributed by atoms with van der Waals surface area (Å²) in [5.41, 5.74) is 3.46. The average Bonchev–Trinajstić information content (AvgIpc) is 2.39. The Labute approximate surface area is 116 Å². The van der Waals surface area contributed by atoms with Crippen LogP contribution in [0.15, 0.2) is 6.07 Å². The molecule has 2 rings (SSSR count). The molecule has 1 N–H and O–H groups in total. The normalized spacial score (nSPS) is 22.8. The summed E-state index contributed by atoms with van der Waals surface area (Å²) >= 11 is 0. The van der Waals surface area contributed by atoms with Gasteiger partial charge in [0, 0.05) is 11.7 Å². The molecule has 3 nitrogen and oxygen atoms in total. The van der Waals surface area contributed by atoms with Crippen LogP contribution in [0, 0.1) is 31.1 Å². The van der Waals surface area contributed by atoms with Gasteiger partial charge in [0.1, 0.15) is 6.07 Å². The number of nitrogens with zero attached hydrogens (tertiary/aromatic N) is 2. The number of rotatable bonds is 3. The van der Waals surface area contributed by atoms with Gasteiger partial charge in [-0.15, -0.1) is 0 Å². The number of aryl methyl sites for hydroxylation is 2. The van der Waals surface area contributed by atoms with Crippen LogP contribution in [-0.2, 0) is 0 Å². The van der Waals surface area contributed by atoms with Crippen molar-refractivity contribution in [3.05, 3.63) is 23.0 Å². The molecule has 1 heterocycles. The monoisotopic (exact) mass is 257 g/mol. The van der Waals surface area contributed by atoms with Crippen LogP contribution in [0.5, 0.6) is 0 Å². The molecule has 102 valence electrons. The highest BCUT2D eigenvalue weighted by Crippen LogP contribution is 2.29.